The van der Waals surface area contributed by atoms with E-state index in [1.807, 2.05) is 0 Å². The number of aromatic hydroxyl groups is 1. The number of nitrogens with one attached hydrogen (secondary N) is 2. The average molecular weight is 329 g/mol. The maximum Gasteiger partial charge on any atom is 0.267 e. The molecule has 0 atom stereocenters. The van der Waals surface area contributed by atoms with Gasteiger partial charge in [0.2, 0.25) is 0 Å². The highest BCUT2D eigenvalue weighted by atomic mass is 35.5. The van der Waals surface area contributed by atoms with E-state index in [1.165, 1.54) is 18.3 Å². The van der Waals surface area contributed by atoms with Crippen molar-refractivity contribution in [2.45, 2.75) is 0 Å². The number of carbonyl (C=O) groups excluding carboxylic acids is 1. The smallest absolute Gasteiger partial charge is 0.267 e. The van der Waals surface area contributed by atoms with Gasteiger partial charge in [-0.25, -0.2) is 0 Å². The minimum absolute atomic E-state index is 0.00280. The number of phenols is 1. The molecule has 0 aromatic heterocycles. The Kier molecular flexibility index (Phi) is 5.07. The Morgan fingerprint density at radius 3 is 2.65 bits per heavy atom. The molecular weight excluding hydrogens is 316 g/mol. The number of nitrogen functional groups attached to an aromatic ring is 1. The van der Waals surface area contributed by atoms with Crippen LogP contribution in [-0.4, -0.2) is 11.0 Å². The second-order valence-corrected chi connectivity index (χ2v) is 4.93. The zero-order valence-corrected chi connectivity index (χ0v) is 12.6. The predicted molar refractivity (Wildman–Crippen MR) is 89.9 cm³/mol. The number of phenolic OH excluding ortho intramolecular Hbond substituents is 1. The van der Waals surface area contributed by atoms with Gasteiger partial charge in [-0.1, -0.05) is 23.7 Å². The number of halogens is 1. The first-order valence-electron chi connectivity index (χ1n) is 6.52. The Hall–Kier alpha value is -3.17. The van der Waals surface area contributed by atoms with Gasteiger partial charge in [-0.2, -0.15) is 5.26 Å². The first-order valence-corrected chi connectivity index (χ1v) is 6.90. The summed E-state index contributed by atoms with van der Waals surface area (Å²) in [7, 11) is 0. The predicted octanol–water partition coefficient (Wildman–Crippen LogP) is 3.09. The van der Waals surface area contributed by atoms with Crippen LogP contribution in [0.3, 0.4) is 0 Å². The molecule has 0 radical (unpaired) electrons. The van der Waals surface area contributed by atoms with Crippen molar-refractivity contribution in [3.63, 3.8) is 0 Å². The molecule has 0 heterocycles. The second kappa shape index (κ2) is 7.20. The van der Waals surface area contributed by atoms with E-state index in [2.05, 4.69) is 10.6 Å². The van der Waals surface area contributed by atoms with Crippen LogP contribution >= 0.6 is 11.6 Å². The molecule has 0 aliphatic heterocycles. The third-order valence-electron chi connectivity index (χ3n) is 2.88. The highest BCUT2D eigenvalue weighted by molar-refractivity contribution is 6.34. The number of benzene rings is 2. The van der Waals surface area contributed by atoms with Crippen molar-refractivity contribution in [1.82, 2.24) is 0 Å². The minimum atomic E-state index is -0.637. The quantitative estimate of drug-likeness (QED) is 0.298. The molecule has 23 heavy (non-hydrogen) atoms. The van der Waals surface area contributed by atoms with Crippen molar-refractivity contribution in [3.8, 4) is 11.8 Å². The summed E-state index contributed by atoms with van der Waals surface area (Å²) < 4.78 is 0. The topological polar surface area (TPSA) is 111 Å². The molecule has 7 heteroatoms. The van der Waals surface area contributed by atoms with E-state index < -0.39 is 5.91 Å². The summed E-state index contributed by atoms with van der Waals surface area (Å²) >= 11 is 5.97. The van der Waals surface area contributed by atoms with Gasteiger partial charge in [-0.3, -0.25) is 4.79 Å². The van der Waals surface area contributed by atoms with E-state index in [9.17, 15) is 9.90 Å². The number of nitrogens with two attached hydrogens (primary N) is 1. The third-order valence-corrected chi connectivity index (χ3v) is 3.20. The molecule has 2 aromatic carbocycles. The summed E-state index contributed by atoms with van der Waals surface area (Å²) in [4.78, 5) is 12.1. The lowest BCUT2D eigenvalue weighted by Gasteiger charge is -2.08. The van der Waals surface area contributed by atoms with Crippen LogP contribution < -0.4 is 16.4 Å². The fourth-order valence-corrected chi connectivity index (χ4v) is 1.95. The van der Waals surface area contributed by atoms with Crippen LogP contribution in [0.2, 0.25) is 5.02 Å². The summed E-state index contributed by atoms with van der Waals surface area (Å²) in [5.41, 5.74) is 6.58. The Morgan fingerprint density at radius 2 is 2.00 bits per heavy atom. The van der Waals surface area contributed by atoms with Gasteiger partial charge in [0.15, 0.2) is 0 Å². The molecule has 0 saturated heterocycles. The molecule has 0 aliphatic carbocycles. The van der Waals surface area contributed by atoms with E-state index in [0.29, 0.717) is 17.1 Å². The zero-order valence-electron chi connectivity index (χ0n) is 11.9. The van der Waals surface area contributed by atoms with Crippen LogP contribution in [0.25, 0.3) is 0 Å². The summed E-state index contributed by atoms with van der Waals surface area (Å²) in [5, 5.41) is 24.2. The van der Waals surface area contributed by atoms with Crippen LogP contribution in [0.5, 0.6) is 5.75 Å². The molecule has 2 rings (SSSR count). The number of amides is 1. The fraction of sp³-hybridized carbons (Fsp3) is 0. The van der Waals surface area contributed by atoms with Gasteiger partial charge < -0.3 is 21.5 Å². The van der Waals surface area contributed by atoms with Crippen LogP contribution in [0.4, 0.5) is 17.1 Å². The normalized spacial score (nSPS) is 10.7. The number of carbonyl (C=O) groups is 1. The lowest BCUT2D eigenvalue weighted by Crippen LogP contribution is -2.15. The molecule has 6 nitrogen and oxygen atoms in total. The number of anilines is 3. The monoisotopic (exact) mass is 328 g/mol. The van der Waals surface area contributed by atoms with Gasteiger partial charge in [0.05, 0.1) is 16.4 Å². The molecule has 0 bridgehead atoms. The average Bonchev–Trinajstić information content (AvgIpc) is 2.52. The molecule has 1 amide bonds. The van der Waals surface area contributed by atoms with E-state index >= 15 is 0 Å². The van der Waals surface area contributed by atoms with Crippen molar-refractivity contribution in [3.05, 3.63) is 59.3 Å². The minimum Gasteiger partial charge on any atom is -0.506 e. The van der Waals surface area contributed by atoms with Gasteiger partial charge in [0.1, 0.15) is 17.4 Å². The highest BCUT2D eigenvalue weighted by Gasteiger charge is 2.11. The molecular formula is C16H13ClN4O2. The zero-order chi connectivity index (χ0) is 16.8. The number of nitrogens with zero attached hydrogens (tertiary/aromatic N) is 1. The molecule has 116 valence electrons. The molecule has 2 aromatic rings. The summed E-state index contributed by atoms with van der Waals surface area (Å²) in [6.45, 7) is 0. The molecule has 5 N–H and O–H groups in total. The largest absolute Gasteiger partial charge is 0.506 e. The van der Waals surface area contributed by atoms with E-state index in [4.69, 9.17) is 22.6 Å². The van der Waals surface area contributed by atoms with Crippen molar-refractivity contribution < 1.29 is 9.90 Å². The number of hydrogen-bond acceptors (Lipinski definition) is 5. The number of hydrogen-bond donors (Lipinski definition) is 4. The standard InChI is InChI=1S/C16H13ClN4O2/c17-12-7-11(19)5-6-13(12)21-16(23)10(8-18)9-20-14-3-1-2-4-15(14)22/h1-7,9,20,22H,19H2,(H,21,23)/b10-9-. The summed E-state index contributed by atoms with van der Waals surface area (Å²) in [5.74, 6) is -0.634. The van der Waals surface area contributed by atoms with Crippen LogP contribution in [0.1, 0.15) is 0 Å². The maximum atomic E-state index is 12.1. The first kappa shape index (κ1) is 16.2. The lowest BCUT2D eigenvalue weighted by atomic mass is 10.2. The summed E-state index contributed by atoms with van der Waals surface area (Å²) in [6.07, 6.45) is 1.20. The Balaban J connectivity index is 2.14. The molecule has 0 spiro atoms. The van der Waals surface area contributed by atoms with E-state index in [1.54, 1.807) is 36.4 Å². The lowest BCUT2D eigenvalue weighted by molar-refractivity contribution is -0.112. The molecule has 0 fully saturated rings. The maximum absolute atomic E-state index is 12.1. The van der Waals surface area contributed by atoms with Gasteiger partial charge >= 0.3 is 0 Å². The molecule has 0 aliphatic rings. The van der Waals surface area contributed by atoms with Crippen LogP contribution in [-0.2, 0) is 4.79 Å². The summed E-state index contributed by atoms with van der Waals surface area (Å²) in [6, 6.07) is 12.8. The second-order valence-electron chi connectivity index (χ2n) is 4.52. The third kappa shape index (κ3) is 4.15. The van der Waals surface area contributed by atoms with Crippen LogP contribution in [0, 0.1) is 11.3 Å². The molecule has 0 saturated carbocycles. The van der Waals surface area contributed by atoms with Crippen molar-refractivity contribution in [2.24, 2.45) is 0 Å². The Morgan fingerprint density at radius 1 is 1.26 bits per heavy atom. The highest BCUT2D eigenvalue weighted by Crippen LogP contribution is 2.25. The van der Waals surface area contributed by atoms with Gasteiger partial charge in [-0.15, -0.1) is 0 Å². The first-order chi connectivity index (χ1) is 11.0. The van der Waals surface area contributed by atoms with Crippen molar-refractivity contribution in [1.29, 1.82) is 5.26 Å². The Labute approximate surface area is 137 Å². The van der Waals surface area contributed by atoms with Crippen molar-refractivity contribution in [2.75, 3.05) is 16.4 Å². The van der Waals surface area contributed by atoms with E-state index in [0.717, 1.165) is 0 Å². The van der Waals surface area contributed by atoms with E-state index in [-0.39, 0.29) is 16.3 Å². The van der Waals surface area contributed by atoms with Crippen LogP contribution in [0.15, 0.2) is 54.2 Å². The van der Waals surface area contributed by atoms with Gasteiger partial charge in [-0.05, 0) is 30.3 Å². The molecule has 0 unspecified atom stereocenters. The Bertz CT molecular complexity index is 812. The van der Waals surface area contributed by atoms with Gasteiger partial charge in [0.25, 0.3) is 5.91 Å². The number of rotatable bonds is 4. The number of nitriles is 1. The number of para-hydroxylation sites is 2. The van der Waals surface area contributed by atoms with Crippen molar-refractivity contribution >= 4 is 34.6 Å². The SMILES string of the molecule is N#C/C(=C/Nc1ccccc1O)C(=O)Nc1ccc(N)cc1Cl. The van der Waals surface area contributed by atoms with Gasteiger partial charge in [0, 0.05) is 11.9 Å². The fourth-order valence-electron chi connectivity index (χ4n) is 1.72.